The predicted octanol–water partition coefficient (Wildman–Crippen LogP) is 0.471. The van der Waals surface area contributed by atoms with Crippen molar-refractivity contribution in [3.63, 3.8) is 0 Å². The van der Waals surface area contributed by atoms with Crippen LogP contribution >= 0.6 is 0 Å². The predicted molar refractivity (Wildman–Crippen MR) is 84.4 cm³/mol. The van der Waals surface area contributed by atoms with E-state index in [0.29, 0.717) is 39.3 Å². The summed E-state index contributed by atoms with van der Waals surface area (Å²) in [5, 5.41) is 3.17. The molecule has 1 atom stereocenters. The maximum atomic E-state index is 13.8. The molecule has 1 aromatic rings. The minimum Gasteiger partial charge on any atom is -0.494 e. The second kappa shape index (κ2) is 7.14. The van der Waals surface area contributed by atoms with Crippen molar-refractivity contribution in [2.24, 2.45) is 0 Å². The molecule has 0 saturated carbocycles. The van der Waals surface area contributed by atoms with E-state index in [1.54, 1.807) is 6.07 Å². The average Bonchev–Trinajstić information content (AvgIpc) is 2.62. The number of benzene rings is 1. The third-order valence-electron chi connectivity index (χ3n) is 4.29. The zero-order valence-corrected chi connectivity index (χ0v) is 13.3. The number of halogens is 1. The highest BCUT2D eigenvalue weighted by Gasteiger charge is 2.29. The van der Waals surface area contributed by atoms with E-state index in [4.69, 9.17) is 9.47 Å². The molecule has 1 aromatic carbocycles. The van der Waals surface area contributed by atoms with Crippen LogP contribution in [-0.2, 0) is 9.53 Å². The van der Waals surface area contributed by atoms with Gasteiger partial charge < -0.3 is 24.6 Å². The van der Waals surface area contributed by atoms with E-state index in [0.717, 1.165) is 12.2 Å². The molecule has 7 heteroatoms. The van der Waals surface area contributed by atoms with Crippen LogP contribution in [0.2, 0.25) is 0 Å². The molecule has 2 saturated heterocycles. The Morgan fingerprint density at radius 3 is 2.74 bits per heavy atom. The van der Waals surface area contributed by atoms with Crippen LogP contribution < -0.4 is 15.0 Å². The van der Waals surface area contributed by atoms with Crippen molar-refractivity contribution in [3.05, 3.63) is 24.0 Å². The summed E-state index contributed by atoms with van der Waals surface area (Å²) in [6.45, 7) is 4.53. The van der Waals surface area contributed by atoms with Crippen molar-refractivity contribution >= 4 is 11.6 Å². The molecule has 0 bridgehead atoms. The number of methoxy groups -OCH3 is 1. The summed E-state index contributed by atoms with van der Waals surface area (Å²) in [6, 6.07) is 4.95. The fourth-order valence-corrected chi connectivity index (χ4v) is 2.96. The lowest BCUT2D eigenvalue weighted by molar-refractivity contribution is -0.145. The Bertz CT molecular complexity index is 556. The van der Waals surface area contributed by atoms with Gasteiger partial charge in [-0.3, -0.25) is 4.79 Å². The van der Waals surface area contributed by atoms with Gasteiger partial charge in [0.25, 0.3) is 5.91 Å². The normalized spacial score (nSPS) is 22.1. The van der Waals surface area contributed by atoms with Crippen LogP contribution in [0.5, 0.6) is 5.75 Å². The van der Waals surface area contributed by atoms with Crippen molar-refractivity contribution in [2.45, 2.75) is 6.10 Å². The Kier molecular flexibility index (Phi) is 4.97. The molecule has 2 heterocycles. The van der Waals surface area contributed by atoms with Crippen LogP contribution in [0.1, 0.15) is 0 Å². The number of amides is 1. The standard InChI is InChI=1S/C16H22FN3O3/c1-22-14-3-2-12(10-13(14)17)19-5-7-20(8-6-19)16(21)15-11-18-4-9-23-15/h2-3,10,15,18H,4-9,11H2,1H3/t15-/m1/s1. The van der Waals surface area contributed by atoms with E-state index in [9.17, 15) is 9.18 Å². The minimum atomic E-state index is -0.381. The molecule has 0 aromatic heterocycles. The Labute approximate surface area is 135 Å². The van der Waals surface area contributed by atoms with Gasteiger partial charge in [0.2, 0.25) is 0 Å². The smallest absolute Gasteiger partial charge is 0.253 e. The minimum absolute atomic E-state index is 0.0396. The van der Waals surface area contributed by atoms with Gasteiger partial charge in [-0.2, -0.15) is 0 Å². The molecule has 23 heavy (non-hydrogen) atoms. The van der Waals surface area contributed by atoms with E-state index >= 15 is 0 Å². The number of rotatable bonds is 3. The van der Waals surface area contributed by atoms with Crippen molar-refractivity contribution < 1.29 is 18.7 Å². The SMILES string of the molecule is COc1ccc(N2CCN(C(=O)[C@H]3CNCCO3)CC2)cc1F. The highest BCUT2D eigenvalue weighted by molar-refractivity contribution is 5.81. The molecular weight excluding hydrogens is 301 g/mol. The summed E-state index contributed by atoms with van der Waals surface area (Å²) in [7, 11) is 1.45. The molecule has 2 aliphatic heterocycles. The van der Waals surface area contributed by atoms with Gasteiger partial charge in [-0.1, -0.05) is 0 Å². The summed E-state index contributed by atoms with van der Waals surface area (Å²) >= 11 is 0. The zero-order chi connectivity index (χ0) is 16.2. The number of carbonyl (C=O) groups excluding carboxylic acids is 1. The largest absolute Gasteiger partial charge is 0.494 e. The molecule has 0 spiro atoms. The molecule has 2 fully saturated rings. The van der Waals surface area contributed by atoms with Crippen molar-refractivity contribution in [3.8, 4) is 5.75 Å². The van der Waals surface area contributed by atoms with E-state index in [2.05, 4.69) is 10.2 Å². The van der Waals surface area contributed by atoms with Gasteiger partial charge in [-0.15, -0.1) is 0 Å². The van der Waals surface area contributed by atoms with Crippen LogP contribution in [0.4, 0.5) is 10.1 Å². The molecule has 2 aliphatic rings. The third kappa shape index (κ3) is 3.56. The number of morpholine rings is 1. The lowest BCUT2D eigenvalue weighted by Crippen LogP contribution is -2.55. The highest BCUT2D eigenvalue weighted by atomic mass is 19.1. The molecule has 0 unspecified atom stereocenters. The summed E-state index contributed by atoms with van der Waals surface area (Å²) < 4.78 is 24.3. The molecule has 6 nitrogen and oxygen atoms in total. The monoisotopic (exact) mass is 323 g/mol. The molecule has 1 amide bonds. The summed E-state index contributed by atoms with van der Waals surface area (Å²) in [5.74, 6) is -0.0903. The van der Waals surface area contributed by atoms with E-state index in [1.807, 2.05) is 11.0 Å². The fourth-order valence-electron chi connectivity index (χ4n) is 2.96. The third-order valence-corrected chi connectivity index (χ3v) is 4.29. The van der Waals surface area contributed by atoms with Crippen LogP contribution in [0.15, 0.2) is 18.2 Å². The van der Waals surface area contributed by atoms with Crippen molar-refractivity contribution in [1.29, 1.82) is 0 Å². The summed E-state index contributed by atoms with van der Waals surface area (Å²) in [5.41, 5.74) is 0.811. The molecular formula is C16H22FN3O3. The Hall–Kier alpha value is -1.86. The first kappa shape index (κ1) is 16.0. The molecule has 0 aliphatic carbocycles. The van der Waals surface area contributed by atoms with Gasteiger partial charge in [0.05, 0.1) is 13.7 Å². The Morgan fingerprint density at radius 1 is 1.35 bits per heavy atom. The zero-order valence-electron chi connectivity index (χ0n) is 13.3. The second-order valence-electron chi connectivity index (χ2n) is 5.69. The number of ether oxygens (including phenoxy) is 2. The lowest BCUT2D eigenvalue weighted by atomic mass is 10.2. The number of carbonyl (C=O) groups is 1. The first-order valence-electron chi connectivity index (χ1n) is 7.88. The first-order chi connectivity index (χ1) is 11.2. The van der Waals surface area contributed by atoms with Gasteiger partial charge in [-0.25, -0.2) is 4.39 Å². The summed E-state index contributed by atoms with van der Waals surface area (Å²) in [6.07, 6.45) is -0.381. The topological polar surface area (TPSA) is 54.0 Å². The quantitative estimate of drug-likeness (QED) is 0.876. The molecule has 1 N–H and O–H groups in total. The first-order valence-corrected chi connectivity index (χ1v) is 7.88. The number of nitrogens with zero attached hydrogens (tertiary/aromatic N) is 2. The van der Waals surface area contributed by atoms with Gasteiger partial charge in [0, 0.05) is 51.0 Å². The van der Waals surface area contributed by atoms with Gasteiger partial charge in [-0.05, 0) is 12.1 Å². The van der Waals surface area contributed by atoms with Gasteiger partial charge in [0.1, 0.15) is 6.10 Å². The van der Waals surface area contributed by atoms with E-state index in [-0.39, 0.29) is 23.6 Å². The average molecular weight is 323 g/mol. The van der Waals surface area contributed by atoms with E-state index in [1.165, 1.54) is 13.2 Å². The van der Waals surface area contributed by atoms with Crippen LogP contribution in [0.25, 0.3) is 0 Å². The van der Waals surface area contributed by atoms with Crippen LogP contribution in [0, 0.1) is 5.82 Å². The fraction of sp³-hybridized carbons (Fsp3) is 0.562. The maximum absolute atomic E-state index is 13.8. The maximum Gasteiger partial charge on any atom is 0.253 e. The number of piperazine rings is 1. The molecule has 3 rings (SSSR count). The highest BCUT2D eigenvalue weighted by Crippen LogP contribution is 2.24. The number of hydrogen-bond donors (Lipinski definition) is 1. The molecule has 126 valence electrons. The number of nitrogens with one attached hydrogen (secondary N) is 1. The Balaban J connectivity index is 1.57. The van der Waals surface area contributed by atoms with Crippen molar-refractivity contribution in [1.82, 2.24) is 10.2 Å². The number of anilines is 1. The van der Waals surface area contributed by atoms with Crippen LogP contribution in [-0.4, -0.2) is 69.9 Å². The van der Waals surface area contributed by atoms with Gasteiger partial charge >= 0.3 is 0 Å². The van der Waals surface area contributed by atoms with Crippen LogP contribution in [0.3, 0.4) is 0 Å². The van der Waals surface area contributed by atoms with Gasteiger partial charge in [0.15, 0.2) is 11.6 Å². The summed E-state index contributed by atoms with van der Waals surface area (Å²) in [4.78, 5) is 16.3. The van der Waals surface area contributed by atoms with Crippen molar-refractivity contribution in [2.75, 3.05) is 57.9 Å². The lowest BCUT2D eigenvalue weighted by Gasteiger charge is -2.38. The second-order valence-corrected chi connectivity index (χ2v) is 5.69. The Morgan fingerprint density at radius 2 is 2.13 bits per heavy atom. The molecule has 0 radical (unpaired) electrons. The number of hydrogen-bond acceptors (Lipinski definition) is 5. The van der Waals surface area contributed by atoms with E-state index < -0.39 is 0 Å².